The summed E-state index contributed by atoms with van der Waals surface area (Å²) in [6.07, 6.45) is 0. The van der Waals surface area contributed by atoms with Crippen molar-refractivity contribution in [3.63, 3.8) is 0 Å². The standard InChI is InChI=1S/C11H14N2O5S2/c1-7-10(14)12-4-5-13(7)20(16,17)8-3-6-19-9(8)11(15)18-2/h3,6-7H,4-5H2,1-2H3,(H,12,14). The van der Waals surface area contributed by atoms with E-state index in [1.165, 1.54) is 25.5 Å². The molecule has 1 aromatic heterocycles. The Morgan fingerprint density at radius 2 is 2.25 bits per heavy atom. The Hall–Kier alpha value is -1.45. The summed E-state index contributed by atoms with van der Waals surface area (Å²) in [5.74, 6) is -1.05. The molecule has 1 aliphatic rings. The van der Waals surface area contributed by atoms with Gasteiger partial charge in [-0.3, -0.25) is 4.79 Å². The van der Waals surface area contributed by atoms with Gasteiger partial charge in [-0.1, -0.05) is 0 Å². The minimum atomic E-state index is -3.90. The van der Waals surface area contributed by atoms with E-state index in [0.717, 1.165) is 15.6 Å². The van der Waals surface area contributed by atoms with Gasteiger partial charge in [0.15, 0.2) is 0 Å². The van der Waals surface area contributed by atoms with Gasteiger partial charge in [0.1, 0.15) is 15.8 Å². The molecule has 1 fully saturated rings. The van der Waals surface area contributed by atoms with Gasteiger partial charge in [-0.15, -0.1) is 11.3 Å². The van der Waals surface area contributed by atoms with Crippen molar-refractivity contribution < 1.29 is 22.7 Å². The summed E-state index contributed by atoms with van der Waals surface area (Å²) in [5, 5.41) is 4.10. The van der Waals surface area contributed by atoms with Gasteiger partial charge in [0, 0.05) is 13.1 Å². The fraction of sp³-hybridized carbons (Fsp3) is 0.455. The zero-order valence-corrected chi connectivity index (χ0v) is 12.6. The number of thiophene rings is 1. The second kappa shape index (κ2) is 5.51. The number of sulfonamides is 1. The minimum absolute atomic E-state index is 0.0191. The summed E-state index contributed by atoms with van der Waals surface area (Å²) in [5.41, 5.74) is 0. The van der Waals surface area contributed by atoms with Crippen molar-refractivity contribution in [2.75, 3.05) is 20.2 Å². The fourth-order valence-corrected chi connectivity index (χ4v) is 4.86. The molecule has 1 aromatic rings. The van der Waals surface area contributed by atoms with Gasteiger partial charge in [0.05, 0.1) is 7.11 Å². The molecule has 1 saturated heterocycles. The van der Waals surface area contributed by atoms with Crippen molar-refractivity contribution in [3.8, 4) is 0 Å². The molecular formula is C11H14N2O5S2. The van der Waals surface area contributed by atoms with E-state index >= 15 is 0 Å². The average Bonchev–Trinajstić information content (AvgIpc) is 2.90. The molecule has 0 radical (unpaired) electrons. The molecular weight excluding hydrogens is 304 g/mol. The van der Waals surface area contributed by atoms with E-state index in [-0.39, 0.29) is 28.8 Å². The molecule has 0 saturated carbocycles. The minimum Gasteiger partial charge on any atom is -0.465 e. The van der Waals surface area contributed by atoms with Crippen LogP contribution in [0.25, 0.3) is 0 Å². The third-order valence-electron chi connectivity index (χ3n) is 3.03. The molecule has 1 atom stereocenters. The number of esters is 1. The van der Waals surface area contributed by atoms with E-state index in [1.807, 2.05) is 0 Å². The van der Waals surface area contributed by atoms with Crippen molar-refractivity contribution in [2.45, 2.75) is 17.9 Å². The van der Waals surface area contributed by atoms with Gasteiger partial charge in [-0.05, 0) is 18.4 Å². The first kappa shape index (κ1) is 14.9. The highest BCUT2D eigenvalue weighted by Crippen LogP contribution is 2.27. The van der Waals surface area contributed by atoms with E-state index in [4.69, 9.17) is 0 Å². The highest BCUT2D eigenvalue weighted by Gasteiger charge is 2.38. The second-order valence-corrected chi connectivity index (χ2v) is 6.96. The first-order valence-electron chi connectivity index (χ1n) is 5.85. The van der Waals surface area contributed by atoms with E-state index in [9.17, 15) is 18.0 Å². The van der Waals surface area contributed by atoms with Crippen molar-refractivity contribution >= 4 is 33.2 Å². The summed E-state index contributed by atoms with van der Waals surface area (Å²) in [4.78, 5) is 23.1. The Morgan fingerprint density at radius 3 is 2.90 bits per heavy atom. The number of carbonyl (C=O) groups excluding carboxylic acids is 2. The maximum Gasteiger partial charge on any atom is 0.349 e. The van der Waals surface area contributed by atoms with Crippen LogP contribution in [0.5, 0.6) is 0 Å². The van der Waals surface area contributed by atoms with E-state index < -0.39 is 22.0 Å². The molecule has 0 bridgehead atoms. The topological polar surface area (TPSA) is 92.8 Å². The van der Waals surface area contributed by atoms with E-state index in [0.29, 0.717) is 0 Å². The van der Waals surface area contributed by atoms with Crippen molar-refractivity contribution in [2.24, 2.45) is 0 Å². The number of ether oxygens (including phenoxy) is 1. The maximum absolute atomic E-state index is 12.6. The quantitative estimate of drug-likeness (QED) is 0.795. The molecule has 20 heavy (non-hydrogen) atoms. The number of carbonyl (C=O) groups is 2. The Morgan fingerprint density at radius 1 is 1.55 bits per heavy atom. The number of nitrogens with zero attached hydrogens (tertiary/aromatic N) is 1. The molecule has 0 spiro atoms. The molecule has 1 unspecified atom stereocenters. The summed E-state index contributed by atoms with van der Waals surface area (Å²) in [6.45, 7) is 1.93. The van der Waals surface area contributed by atoms with Crippen molar-refractivity contribution in [1.29, 1.82) is 0 Å². The lowest BCUT2D eigenvalue weighted by Gasteiger charge is -2.31. The maximum atomic E-state index is 12.6. The predicted octanol–water partition coefficient (Wildman–Crippen LogP) is 0.0437. The third kappa shape index (κ3) is 2.43. The summed E-state index contributed by atoms with van der Waals surface area (Å²) >= 11 is 0.994. The largest absolute Gasteiger partial charge is 0.465 e. The van der Waals surface area contributed by atoms with Crippen LogP contribution < -0.4 is 5.32 Å². The number of amides is 1. The van der Waals surface area contributed by atoms with Crippen molar-refractivity contribution in [1.82, 2.24) is 9.62 Å². The lowest BCUT2D eigenvalue weighted by Crippen LogP contribution is -2.55. The molecule has 0 aromatic carbocycles. The number of nitrogens with one attached hydrogen (secondary N) is 1. The third-order valence-corrected chi connectivity index (χ3v) is 6.07. The summed E-state index contributed by atoms with van der Waals surface area (Å²) in [7, 11) is -2.71. The Labute approximate surface area is 120 Å². The second-order valence-electron chi connectivity index (χ2n) is 4.19. The Kier molecular flexibility index (Phi) is 4.11. The van der Waals surface area contributed by atoms with Gasteiger partial charge in [0.2, 0.25) is 15.9 Å². The van der Waals surface area contributed by atoms with Crippen LogP contribution in [0, 0.1) is 0 Å². The zero-order chi connectivity index (χ0) is 14.9. The molecule has 110 valence electrons. The van der Waals surface area contributed by atoms with Crippen LogP contribution in [0.3, 0.4) is 0 Å². The van der Waals surface area contributed by atoms with Crippen LogP contribution >= 0.6 is 11.3 Å². The van der Waals surface area contributed by atoms with Gasteiger partial charge < -0.3 is 10.1 Å². The highest BCUT2D eigenvalue weighted by atomic mass is 32.2. The number of piperazine rings is 1. The lowest BCUT2D eigenvalue weighted by molar-refractivity contribution is -0.126. The fourth-order valence-electron chi connectivity index (χ4n) is 1.96. The van der Waals surface area contributed by atoms with Gasteiger partial charge in [-0.2, -0.15) is 4.31 Å². The number of methoxy groups -OCH3 is 1. The first-order valence-corrected chi connectivity index (χ1v) is 8.17. The van der Waals surface area contributed by atoms with Gasteiger partial charge in [0.25, 0.3) is 0 Å². The number of hydrogen-bond donors (Lipinski definition) is 1. The van der Waals surface area contributed by atoms with E-state index in [2.05, 4.69) is 10.1 Å². The molecule has 1 amide bonds. The SMILES string of the molecule is COC(=O)c1sccc1S(=O)(=O)N1CCNC(=O)C1C. The Bertz CT molecular complexity index is 637. The van der Waals surface area contributed by atoms with E-state index in [1.54, 1.807) is 0 Å². The summed E-state index contributed by atoms with van der Waals surface area (Å²) in [6, 6.07) is 0.546. The van der Waals surface area contributed by atoms with Crippen LogP contribution in [0.2, 0.25) is 0 Å². The first-order chi connectivity index (χ1) is 9.39. The van der Waals surface area contributed by atoms with Crippen LogP contribution in [0.15, 0.2) is 16.3 Å². The van der Waals surface area contributed by atoms with Crippen LogP contribution in [-0.2, 0) is 19.6 Å². The normalized spacial score (nSPS) is 20.5. The highest BCUT2D eigenvalue weighted by molar-refractivity contribution is 7.89. The molecule has 1 aliphatic heterocycles. The monoisotopic (exact) mass is 318 g/mol. The smallest absolute Gasteiger partial charge is 0.349 e. The van der Waals surface area contributed by atoms with Gasteiger partial charge in [-0.25, -0.2) is 13.2 Å². The predicted molar refractivity (Wildman–Crippen MR) is 72.0 cm³/mol. The Balaban J connectivity index is 2.43. The van der Waals surface area contributed by atoms with Crippen LogP contribution in [0.4, 0.5) is 0 Å². The molecule has 9 heteroatoms. The number of rotatable bonds is 3. The lowest BCUT2D eigenvalue weighted by atomic mass is 10.2. The molecule has 1 N–H and O–H groups in total. The molecule has 2 heterocycles. The van der Waals surface area contributed by atoms with Crippen molar-refractivity contribution in [3.05, 3.63) is 16.3 Å². The molecule has 0 aliphatic carbocycles. The molecule has 2 rings (SSSR count). The molecule has 7 nitrogen and oxygen atoms in total. The van der Waals surface area contributed by atoms with Crippen LogP contribution in [0.1, 0.15) is 16.6 Å². The zero-order valence-electron chi connectivity index (χ0n) is 11.0. The average molecular weight is 318 g/mol. The van der Waals surface area contributed by atoms with Crippen LogP contribution in [-0.4, -0.2) is 50.8 Å². The van der Waals surface area contributed by atoms with Gasteiger partial charge >= 0.3 is 5.97 Å². The number of hydrogen-bond acceptors (Lipinski definition) is 6. The summed E-state index contributed by atoms with van der Waals surface area (Å²) < 4.78 is 30.9.